The van der Waals surface area contributed by atoms with Gasteiger partial charge in [0.05, 0.1) is 15.2 Å². The molecule has 1 aliphatic carbocycles. The summed E-state index contributed by atoms with van der Waals surface area (Å²) in [5, 5.41) is 1.43. The number of rotatable bonds is 3. The van der Waals surface area contributed by atoms with Gasteiger partial charge < -0.3 is 4.74 Å². The Bertz CT molecular complexity index is 942. The van der Waals surface area contributed by atoms with E-state index in [0.29, 0.717) is 5.54 Å². The van der Waals surface area contributed by atoms with Crippen molar-refractivity contribution in [2.24, 2.45) is 0 Å². The third kappa shape index (κ3) is 2.44. The van der Waals surface area contributed by atoms with Gasteiger partial charge in [-0.1, -0.05) is 79.3 Å². The van der Waals surface area contributed by atoms with Crippen LogP contribution in [0.25, 0.3) is 11.1 Å². The molecule has 2 heteroatoms. The summed E-state index contributed by atoms with van der Waals surface area (Å²) in [5.74, 6) is 1.08. The molecule has 3 aromatic carbocycles. The lowest BCUT2D eigenvalue weighted by Crippen LogP contribution is -2.48. The second-order valence-corrected chi connectivity index (χ2v) is 12.6. The van der Waals surface area contributed by atoms with E-state index < -0.39 is 8.07 Å². The molecule has 0 N–H and O–H groups in total. The van der Waals surface area contributed by atoms with Gasteiger partial charge in [-0.25, -0.2) is 0 Å². The molecule has 0 radical (unpaired) electrons. The number of hydrogen-bond donors (Lipinski definition) is 0. The minimum Gasteiger partial charge on any atom is -0.497 e. The molecule has 3 aromatic rings. The maximum Gasteiger partial charge on any atom is 0.121 e. The van der Waals surface area contributed by atoms with Gasteiger partial charge in [-0.3, -0.25) is 0 Å². The quantitative estimate of drug-likeness (QED) is 0.555. The van der Waals surface area contributed by atoms with Crippen LogP contribution in [-0.2, 0) is 0 Å². The molecule has 0 spiro atoms. The lowest BCUT2D eigenvalue weighted by molar-refractivity contribution is 0.414. The van der Waals surface area contributed by atoms with E-state index >= 15 is 0 Å². The van der Waals surface area contributed by atoms with Crippen LogP contribution in [0.15, 0.2) is 60.7 Å². The number of benzene rings is 3. The van der Waals surface area contributed by atoms with E-state index in [-0.39, 0.29) is 0 Å². The van der Waals surface area contributed by atoms with Gasteiger partial charge in [0.25, 0.3) is 0 Å². The molecule has 0 saturated heterocycles. The van der Waals surface area contributed by atoms with Crippen molar-refractivity contribution in [2.45, 2.75) is 32.5 Å². The van der Waals surface area contributed by atoms with Crippen molar-refractivity contribution in [3.05, 3.63) is 82.9 Å². The highest BCUT2D eigenvalue weighted by molar-refractivity contribution is 6.92. The van der Waals surface area contributed by atoms with Gasteiger partial charge in [0.1, 0.15) is 5.75 Å². The Morgan fingerprint density at radius 1 is 0.808 bits per heavy atom. The van der Waals surface area contributed by atoms with Gasteiger partial charge in [0.15, 0.2) is 0 Å². The number of fused-ring (bicyclic) bond motifs is 3. The van der Waals surface area contributed by atoms with Crippen LogP contribution >= 0.6 is 0 Å². The average molecular weight is 359 g/mol. The zero-order valence-corrected chi connectivity index (χ0v) is 17.3. The summed E-state index contributed by atoms with van der Waals surface area (Å²) in [7, 11) is -0.0944. The lowest BCUT2D eigenvalue weighted by Gasteiger charge is -2.34. The molecule has 0 bridgehead atoms. The number of ether oxygens (including phenoxy) is 1. The fourth-order valence-corrected chi connectivity index (χ4v) is 8.65. The Kier molecular flexibility index (Phi) is 4.04. The van der Waals surface area contributed by atoms with Crippen LogP contribution in [0, 0.1) is 13.8 Å². The second-order valence-electron chi connectivity index (χ2n) is 7.99. The normalized spacial score (nSPS) is 13.4. The Morgan fingerprint density at radius 3 is 1.88 bits per heavy atom. The van der Waals surface area contributed by atoms with Crippen molar-refractivity contribution in [3.63, 3.8) is 0 Å². The number of hydrogen-bond acceptors (Lipinski definition) is 1. The predicted molar refractivity (Wildman–Crippen MR) is 113 cm³/mol. The fourth-order valence-electron chi connectivity index (χ4n) is 4.79. The maximum absolute atomic E-state index is 5.89. The van der Waals surface area contributed by atoms with Crippen molar-refractivity contribution in [1.29, 1.82) is 0 Å². The molecular weight excluding hydrogens is 332 g/mol. The second kappa shape index (κ2) is 6.13. The van der Waals surface area contributed by atoms with Gasteiger partial charge in [-0.05, 0) is 46.9 Å². The molecule has 0 amide bonds. The minimum atomic E-state index is -1.90. The van der Waals surface area contributed by atoms with Crippen molar-refractivity contribution < 1.29 is 4.74 Å². The highest BCUT2D eigenvalue weighted by Crippen LogP contribution is 2.49. The zero-order chi connectivity index (χ0) is 18.5. The van der Waals surface area contributed by atoms with Gasteiger partial charge in [-0.15, -0.1) is 0 Å². The predicted octanol–water partition coefficient (Wildman–Crippen LogP) is 5.58. The van der Waals surface area contributed by atoms with Crippen LogP contribution < -0.4 is 9.92 Å². The Hall–Kier alpha value is -2.32. The van der Waals surface area contributed by atoms with E-state index in [1.54, 1.807) is 0 Å². The van der Waals surface area contributed by atoms with Gasteiger partial charge in [0, 0.05) is 5.54 Å². The van der Waals surface area contributed by atoms with Gasteiger partial charge in [-0.2, -0.15) is 0 Å². The van der Waals surface area contributed by atoms with E-state index in [4.69, 9.17) is 4.74 Å². The van der Waals surface area contributed by atoms with Crippen molar-refractivity contribution in [3.8, 4) is 16.9 Å². The maximum atomic E-state index is 5.89. The zero-order valence-electron chi connectivity index (χ0n) is 16.3. The molecule has 1 nitrogen and oxygen atoms in total. The molecule has 132 valence electrons. The van der Waals surface area contributed by atoms with Crippen LogP contribution in [0.3, 0.4) is 0 Å². The largest absolute Gasteiger partial charge is 0.497 e. The molecule has 26 heavy (non-hydrogen) atoms. The third-order valence-electron chi connectivity index (χ3n) is 5.87. The molecule has 0 aliphatic heterocycles. The van der Waals surface area contributed by atoms with E-state index in [0.717, 1.165) is 5.75 Å². The molecule has 0 aromatic heterocycles. The van der Waals surface area contributed by atoms with E-state index in [1.165, 1.54) is 38.6 Å². The monoisotopic (exact) mass is 358 g/mol. The van der Waals surface area contributed by atoms with Crippen LogP contribution in [-0.4, -0.2) is 15.2 Å². The summed E-state index contributed by atoms with van der Waals surface area (Å²) < 4.78 is 5.89. The summed E-state index contributed by atoms with van der Waals surface area (Å²) in [4.78, 5) is 0. The first-order chi connectivity index (χ1) is 12.4. The standard InChI is InChI=1S/C24H26OSi/c1-16-14-17(2)23(25-3)22(15-16)26(4,5)24-20-12-8-6-10-18(20)19-11-7-9-13-21(19)24/h6-15,24H,1-5H3. The van der Waals surface area contributed by atoms with E-state index in [2.05, 4.69) is 87.6 Å². The molecule has 1 aliphatic rings. The number of methoxy groups -OCH3 is 1. The molecule has 0 heterocycles. The highest BCUT2D eigenvalue weighted by atomic mass is 28.3. The van der Waals surface area contributed by atoms with Gasteiger partial charge in [0.2, 0.25) is 0 Å². The van der Waals surface area contributed by atoms with Crippen LogP contribution in [0.4, 0.5) is 0 Å². The smallest absolute Gasteiger partial charge is 0.121 e. The molecule has 0 saturated carbocycles. The van der Waals surface area contributed by atoms with E-state index in [9.17, 15) is 0 Å². The topological polar surface area (TPSA) is 9.23 Å². The lowest BCUT2D eigenvalue weighted by atomic mass is 10.1. The van der Waals surface area contributed by atoms with Crippen molar-refractivity contribution in [1.82, 2.24) is 0 Å². The molecule has 0 unspecified atom stereocenters. The minimum absolute atomic E-state index is 0.449. The third-order valence-corrected chi connectivity index (χ3v) is 9.70. The summed E-state index contributed by atoms with van der Waals surface area (Å²) in [6.45, 7) is 9.34. The molecule has 0 atom stereocenters. The first-order valence-electron chi connectivity index (χ1n) is 9.29. The van der Waals surface area contributed by atoms with Crippen LogP contribution in [0.2, 0.25) is 13.1 Å². The first kappa shape index (κ1) is 17.1. The van der Waals surface area contributed by atoms with E-state index in [1.807, 2.05) is 7.11 Å². The summed E-state index contributed by atoms with van der Waals surface area (Å²) >= 11 is 0. The van der Waals surface area contributed by atoms with Crippen molar-refractivity contribution in [2.75, 3.05) is 7.11 Å². The first-order valence-corrected chi connectivity index (χ1v) is 12.4. The van der Waals surface area contributed by atoms with Gasteiger partial charge >= 0.3 is 0 Å². The summed E-state index contributed by atoms with van der Waals surface area (Å²) in [5.41, 5.74) is 8.76. The summed E-state index contributed by atoms with van der Waals surface area (Å²) in [6, 6.07) is 22.5. The van der Waals surface area contributed by atoms with Crippen LogP contribution in [0.5, 0.6) is 5.75 Å². The van der Waals surface area contributed by atoms with Crippen molar-refractivity contribution >= 4 is 13.3 Å². The SMILES string of the molecule is COc1c(C)cc(C)cc1[Si](C)(C)C1c2ccccc2-c2ccccc21. The average Bonchev–Trinajstić information content (AvgIpc) is 2.96. The Balaban J connectivity index is 1.98. The van der Waals surface area contributed by atoms with Crippen LogP contribution in [0.1, 0.15) is 27.8 Å². The molecular formula is C24H26OSi. The summed E-state index contributed by atoms with van der Waals surface area (Å²) in [6.07, 6.45) is 0. The Labute approximate surface area is 157 Å². The fraction of sp³-hybridized carbons (Fsp3) is 0.250. The Morgan fingerprint density at radius 2 is 1.35 bits per heavy atom. The number of aryl methyl sites for hydroxylation is 2. The molecule has 4 rings (SSSR count). The highest BCUT2D eigenvalue weighted by Gasteiger charge is 2.43. The molecule has 0 fully saturated rings.